The summed E-state index contributed by atoms with van der Waals surface area (Å²) in [6.45, 7) is 4.16. The van der Waals surface area contributed by atoms with Crippen LogP contribution in [-0.4, -0.2) is 64.9 Å². The predicted molar refractivity (Wildman–Crippen MR) is 115 cm³/mol. The molecule has 0 radical (unpaired) electrons. The van der Waals surface area contributed by atoms with Crippen molar-refractivity contribution in [1.82, 2.24) is 20.0 Å². The number of thioether (sulfide) groups is 1. The molecule has 30 heavy (non-hydrogen) atoms. The van der Waals surface area contributed by atoms with E-state index in [0.717, 1.165) is 38.3 Å². The van der Waals surface area contributed by atoms with Gasteiger partial charge in [0.2, 0.25) is 5.91 Å². The fraction of sp³-hybridized carbons (Fsp3) is 0.318. The van der Waals surface area contributed by atoms with Crippen molar-refractivity contribution < 1.29 is 13.9 Å². The van der Waals surface area contributed by atoms with Crippen LogP contribution in [0.3, 0.4) is 0 Å². The lowest BCUT2D eigenvalue weighted by atomic mass is 10.2. The molecule has 0 spiro atoms. The molecule has 156 valence electrons. The monoisotopic (exact) mass is 424 g/mol. The van der Waals surface area contributed by atoms with Crippen LogP contribution in [0.2, 0.25) is 0 Å². The number of carbonyl (C=O) groups is 1. The summed E-state index contributed by atoms with van der Waals surface area (Å²) in [5, 5.41) is 8.52. The summed E-state index contributed by atoms with van der Waals surface area (Å²) in [6, 6.07) is 17.9. The summed E-state index contributed by atoms with van der Waals surface area (Å²) in [7, 11) is 1.60. The molecule has 1 saturated heterocycles. The van der Waals surface area contributed by atoms with E-state index in [1.807, 2.05) is 35.2 Å². The summed E-state index contributed by atoms with van der Waals surface area (Å²) in [5.74, 6) is 1.43. The minimum atomic E-state index is 0.0939. The maximum Gasteiger partial charge on any atom is 0.277 e. The molecular weight excluding hydrogens is 400 g/mol. The van der Waals surface area contributed by atoms with Gasteiger partial charge in [-0.25, -0.2) is 0 Å². The fourth-order valence-electron chi connectivity index (χ4n) is 3.41. The molecule has 1 aliphatic rings. The lowest BCUT2D eigenvalue weighted by Gasteiger charge is -2.34. The van der Waals surface area contributed by atoms with Crippen molar-refractivity contribution >= 4 is 17.7 Å². The quantitative estimate of drug-likeness (QED) is 0.540. The molecule has 0 bridgehead atoms. The number of rotatable bonds is 7. The van der Waals surface area contributed by atoms with Crippen LogP contribution in [0.5, 0.6) is 5.75 Å². The van der Waals surface area contributed by atoms with Crippen LogP contribution in [0.4, 0.5) is 0 Å². The van der Waals surface area contributed by atoms with E-state index < -0.39 is 0 Å². The van der Waals surface area contributed by atoms with Crippen LogP contribution in [0.25, 0.3) is 11.5 Å². The zero-order valence-electron chi connectivity index (χ0n) is 16.9. The third-order valence-electron chi connectivity index (χ3n) is 5.04. The molecule has 4 rings (SSSR count). The normalized spacial score (nSPS) is 14.6. The highest BCUT2D eigenvalue weighted by atomic mass is 32.2. The molecule has 1 fully saturated rings. The first kappa shape index (κ1) is 20.4. The first-order chi connectivity index (χ1) is 14.7. The standard InChI is InChI=1S/C22H24N4O3S/c1-28-19-10-6-5-9-18(19)21-23-24-22(29-21)30-16-20(27)26-13-11-25(12-14-26)15-17-7-3-2-4-8-17/h2-10H,11-16H2,1H3. The summed E-state index contributed by atoms with van der Waals surface area (Å²) in [4.78, 5) is 16.9. The maximum atomic E-state index is 12.6. The molecular formula is C22H24N4O3S. The lowest BCUT2D eigenvalue weighted by Crippen LogP contribution is -2.48. The molecule has 8 heteroatoms. The van der Waals surface area contributed by atoms with Gasteiger partial charge in [0.15, 0.2) is 0 Å². The largest absolute Gasteiger partial charge is 0.496 e. The van der Waals surface area contributed by atoms with Gasteiger partial charge in [-0.2, -0.15) is 0 Å². The minimum absolute atomic E-state index is 0.0939. The molecule has 0 saturated carbocycles. The van der Waals surface area contributed by atoms with E-state index in [4.69, 9.17) is 9.15 Å². The van der Waals surface area contributed by atoms with E-state index in [9.17, 15) is 4.79 Å². The Balaban J connectivity index is 1.26. The average molecular weight is 425 g/mol. The van der Waals surface area contributed by atoms with E-state index in [1.54, 1.807) is 7.11 Å². The molecule has 0 aliphatic carbocycles. The van der Waals surface area contributed by atoms with E-state index in [2.05, 4.69) is 39.4 Å². The van der Waals surface area contributed by atoms with Gasteiger partial charge >= 0.3 is 0 Å². The molecule has 1 aliphatic heterocycles. The maximum absolute atomic E-state index is 12.6. The predicted octanol–water partition coefficient (Wildman–Crippen LogP) is 3.18. The lowest BCUT2D eigenvalue weighted by molar-refractivity contribution is -0.130. The topological polar surface area (TPSA) is 71.7 Å². The SMILES string of the molecule is COc1ccccc1-c1nnc(SCC(=O)N2CCN(Cc3ccccc3)CC2)o1. The molecule has 0 atom stereocenters. The van der Waals surface area contributed by atoms with E-state index >= 15 is 0 Å². The smallest absolute Gasteiger partial charge is 0.277 e. The van der Waals surface area contributed by atoms with Crippen LogP contribution < -0.4 is 4.74 Å². The van der Waals surface area contributed by atoms with Crippen molar-refractivity contribution in [3.8, 4) is 17.2 Å². The Hall–Kier alpha value is -2.84. The van der Waals surface area contributed by atoms with Crippen molar-refractivity contribution in [2.75, 3.05) is 39.0 Å². The average Bonchev–Trinajstić information content (AvgIpc) is 3.27. The Labute approximate surface area is 180 Å². The molecule has 1 amide bonds. The number of piperazine rings is 1. The van der Waals surface area contributed by atoms with Gasteiger partial charge in [0.05, 0.1) is 18.4 Å². The summed E-state index contributed by atoms with van der Waals surface area (Å²) in [5.41, 5.74) is 2.04. The Morgan fingerprint density at radius 3 is 2.53 bits per heavy atom. The van der Waals surface area contributed by atoms with Crippen molar-refractivity contribution in [2.24, 2.45) is 0 Å². The molecule has 0 N–H and O–H groups in total. The molecule has 1 aromatic heterocycles. The zero-order chi connectivity index (χ0) is 20.8. The Morgan fingerprint density at radius 2 is 1.77 bits per heavy atom. The molecule has 2 aromatic carbocycles. The van der Waals surface area contributed by atoms with Crippen LogP contribution >= 0.6 is 11.8 Å². The zero-order valence-corrected chi connectivity index (χ0v) is 17.7. The highest BCUT2D eigenvalue weighted by Gasteiger charge is 2.22. The van der Waals surface area contributed by atoms with Gasteiger partial charge in [0.25, 0.3) is 11.1 Å². The fourth-order valence-corrected chi connectivity index (χ4v) is 4.08. The summed E-state index contributed by atoms with van der Waals surface area (Å²) < 4.78 is 11.0. The van der Waals surface area contributed by atoms with Gasteiger partial charge < -0.3 is 14.1 Å². The third kappa shape index (κ3) is 5.01. The highest BCUT2D eigenvalue weighted by Crippen LogP contribution is 2.30. The highest BCUT2D eigenvalue weighted by molar-refractivity contribution is 7.99. The summed E-state index contributed by atoms with van der Waals surface area (Å²) in [6.07, 6.45) is 0. The number of para-hydroxylation sites is 1. The van der Waals surface area contributed by atoms with E-state index in [1.165, 1.54) is 17.3 Å². The Kier molecular flexibility index (Phi) is 6.66. The number of aromatic nitrogens is 2. The van der Waals surface area contributed by atoms with Gasteiger partial charge in [-0.3, -0.25) is 9.69 Å². The minimum Gasteiger partial charge on any atom is -0.496 e. The van der Waals surface area contributed by atoms with Crippen LogP contribution in [-0.2, 0) is 11.3 Å². The van der Waals surface area contributed by atoms with Crippen molar-refractivity contribution in [3.63, 3.8) is 0 Å². The van der Waals surface area contributed by atoms with Crippen molar-refractivity contribution in [1.29, 1.82) is 0 Å². The number of hydrogen-bond donors (Lipinski definition) is 0. The summed E-state index contributed by atoms with van der Waals surface area (Å²) >= 11 is 1.27. The number of hydrogen-bond acceptors (Lipinski definition) is 7. The molecule has 2 heterocycles. The number of amides is 1. The second-order valence-electron chi connectivity index (χ2n) is 7.00. The van der Waals surface area contributed by atoms with Gasteiger partial charge in [0.1, 0.15) is 5.75 Å². The van der Waals surface area contributed by atoms with Gasteiger partial charge in [-0.15, -0.1) is 10.2 Å². The number of nitrogens with zero attached hydrogens (tertiary/aromatic N) is 4. The van der Waals surface area contributed by atoms with Crippen molar-refractivity contribution in [2.45, 2.75) is 11.8 Å². The van der Waals surface area contributed by atoms with Gasteiger partial charge in [0, 0.05) is 32.7 Å². The number of methoxy groups -OCH3 is 1. The van der Waals surface area contributed by atoms with E-state index in [-0.39, 0.29) is 11.7 Å². The first-order valence-electron chi connectivity index (χ1n) is 9.86. The van der Waals surface area contributed by atoms with Gasteiger partial charge in [-0.1, -0.05) is 54.2 Å². The Bertz CT molecular complexity index is 971. The molecule has 0 unspecified atom stereocenters. The molecule has 7 nitrogen and oxygen atoms in total. The van der Waals surface area contributed by atoms with Crippen LogP contribution in [0.15, 0.2) is 64.2 Å². The number of benzene rings is 2. The second kappa shape index (κ2) is 9.77. The Morgan fingerprint density at radius 1 is 1.03 bits per heavy atom. The van der Waals surface area contributed by atoms with Crippen molar-refractivity contribution in [3.05, 3.63) is 60.2 Å². The second-order valence-corrected chi connectivity index (χ2v) is 7.93. The van der Waals surface area contributed by atoms with Crippen LogP contribution in [0.1, 0.15) is 5.56 Å². The first-order valence-corrected chi connectivity index (χ1v) is 10.9. The number of ether oxygens (including phenoxy) is 1. The van der Waals surface area contributed by atoms with Gasteiger partial charge in [-0.05, 0) is 17.7 Å². The molecule has 3 aromatic rings. The van der Waals surface area contributed by atoms with E-state index in [0.29, 0.717) is 16.9 Å². The number of carbonyl (C=O) groups excluding carboxylic acids is 1. The third-order valence-corrected chi connectivity index (χ3v) is 5.84. The van der Waals surface area contributed by atoms with Crippen LogP contribution in [0, 0.1) is 0 Å².